The molecular formula is C18H35N3O2S. The summed E-state index contributed by atoms with van der Waals surface area (Å²) < 4.78 is 5.26. The van der Waals surface area contributed by atoms with E-state index < -0.39 is 5.60 Å². The summed E-state index contributed by atoms with van der Waals surface area (Å²) >= 11 is 1.87. The molecule has 2 unspecified atom stereocenters. The van der Waals surface area contributed by atoms with Crippen LogP contribution in [0.2, 0.25) is 0 Å². The third-order valence-corrected chi connectivity index (χ3v) is 6.95. The van der Waals surface area contributed by atoms with Crippen LogP contribution in [0.1, 0.15) is 52.4 Å². The highest BCUT2D eigenvalue weighted by Crippen LogP contribution is 2.44. The molecule has 2 atom stereocenters. The van der Waals surface area contributed by atoms with Crippen molar-refractivity contribution in [3.63, 3.8) is 0 Å². The number of methoxy groups -OCH3 is 1. The zero-order chi connectivity index (χ0) is 17.5. The Kier molecular flexibility index (Phi) is 7.69. The van der Waals surface area contributed by atoms with Crippen molar-refractivity contribution in [2.75, 3.05) is 39.1 Å². The van der Waals surface area contributed by atoms with Crippen LogP contribution >= 0.6 is 11.8 Å². The van der Waals surface area contributed by atoms with E-state index in [9.17, 15) is 5.11 Å². The first-order chi connectivity index (χ1) is 11.6. The van der Waals surface area contributed by atoms with E-state index in [4.69, 9.17) is 9.73 Å². The quantitative estimate of drug-likeness (QED) is 0.414. The lowest BCUT2D eigenvalue weighted by Gasteiger charge is -2.45. The van der Waals surface area contributed by atoms with Crippen LogP contribution < -0.4 is 10.6 Å². The van der Waals surface area contributed by atoms with Crippen LogP contribution in [-0.4, -0.2) is 61.0 Å². The van der Waals surface area contributed by atoms with Crippen LogP contribution in [0.4, 0.5) is 0 Å². The fourth-order valence-electron chi connectivity index (χ4n) is 3.55. The summed E-state index contributed by atoms with van der Waals surface area (Å²) in [5.74, 6) is 1.89. The maximum atomic E-state index is 10.7. The first-order valence-electron chi connectivity index (χ1n) is 9.42. The Balaban J connectivity index is 1.86. The van der Waals surface area contributed by atoms with Crippen LogP contribution in [0.15, 0.2) is 4.99 Å². The Morgan fingerprint density at radius 3 is 2.58 bits per heavy atom. The molecule has 0 bridgehead atoms. The second-order valence-corrected chi connectivity index (χ2v) is 8.71. The van der Waals surface area contributed by atoms with Gasteiger partial charge in [0.25, 0.3) is 0 Å². The Hall–Kier alpha value is -0.460. The van der Waals surface area contributed by atoms with E-state index in [1.165, 1.54) is 19.3 Å². The third-order valence-electron chi connectivity index (χ3n) is 5.54. The Morgan fingerprint density at radius 1 is 1.29 bits per heavy atom. The summed E-state index contributed by atoms with van der Waals surface area (Å²) in [5, 5.41) is 17.8. The molecule has 2 rings (SSSR count). The highest BCUT2D eigenvalue weighted by molar-refractivity contribution is 8.00. The lowest BCUT2D eigenvalue weighted by Crippen LogP contribution is -2.58. The minimum absolute atomic E-state index is 0.326. The first-order valence-corrected chi connectivity index (χ1v) is 10.5. The fourth-order valence-corrected chi connectivity index (χ4v) is 4.74. The molecule has 140 valence electrons. The van der Waals surface area contributed by atoms with Gasteiger partial charge in [0.2, 0.25) is 0 Å². The summed E-state index contributed by atoms with van der Waals surface area (Å²) in [4.78, 5) is 4.81. The molecule has 0 aliphatic heterocycles. The maximum Gasteiger partial charge on any atom is 0.191 e. The number of hydrogen-bond acceptors (Lipinski definition) is 4. The number of hydrogen-bond donors (Lipinski definition) is 3. The smallest absolute Gasteiger partial charge is 0.191 e. The van der Waals surface area contributed by atoms with Gasteiger partial charge in [-0.25, -0.2) is 0 Å². The highest BCUT2D eigenvalue weighted by atomic mass is 32.2. The topological polar surface area (TPSA) is 65.9 Å². The molecule has 2 saturated carbocycles. The minimum Gasteiger partial charge on any atom is -0.387 e. The summed E-state index contributed by atoms with van der Waals surface area (Å²) in [5.41, 5.74) is -0.257. The van der Waals surface area contributed by atoms with Gasteiger partial charge in [-0.05, 0) is 50.2 Å². The van der Waals surface area contributed by atoms with Crippen LogP contribution in [0, 0.1) is 5.41 Å². The lowest BCUT2D eigenvalue weighted by molar-refractivity contribution is -0.0198. The van der Waals surface area contributed by atoms with E-state index in [1.54, 1.807) is 7.11 Å². The zero-order valence-corrected chi connectivity index (χ0v) is 16.4. The number of aliphatic hydroxyl groups is 1. The van der Waals surface area contributed by atoms with E-state index in [1.807, 2.05) is 11.8 Å². The predicted octanol–water partition coefficient (Wildman–Crippen LogP) is 2.39. The van der Waals surface area contributed by atoms with Crippen LogP contribution in [0.3, 0.4) is 0 Å². The van der Waals surface area contributed by atoms with Gasteiger partial charge in [-0.1, -0.05) is 13.3 Å². The standard InChI is InChI=1S/C18H35N3O2S/c1-4-19-16(20-13-17(8-6-9-17)11-12-23-3)21-14-18(22)10-7-15(18)24-5-2/h15,22H,4-14H2,1-3H3,(H2,19,20,21). The second kappa shape index (κ2) is 9.30. The van der Waals surface area contributed by atoms with Crippen molar-refractivity contribution >= 4 is 17.7 Å². The van der Waals surface area contributed by atoms with Gasteiger partial charge in [0.15, 0.2) is 5.96 Å². The Labute approximate surface area is 151 Å². The molecule has 2 fully saturated rings. The van der Waals surface area contributed by atoms with Crippen molar-refractivity contribution in [3.05, 3.63) is 0 Å². The minimum atomic E-state index is -0.582. The molecule has 0 aromatic carbocycles. The Bertz CT molecular complexity index is 415. The molecule has 0 saturated heterocycles. The third kappa shape index (κ3) is 5.02. The monoisotopic (exact) mass is 357 g/mol. The Morgan fingerprint density at radius 2 is 2.08 bits per heavy atom. The predicted molar refractivity (Wildman–Crippen MR) is 103 cm³/mol. The van der Waals surface area contributed by atoms with Crippen LogP contribution in [0.25, 0.3) is 0 Å². The van der Waals surface area contributed by atoms with Gasteiger partial charge >= 0.3 is 0 Å². The van der Waals surface area contributed by atoms with Gasteiger partial charge in [0.05, 0.1) is 5.60 Å². The molecule has 0 spiro atoms. The van der Waals surface area contributed by atoms with Gasteiger partial charge in [-0.3, -0.25) is 4.99 Å². The van der Waals surface area contributed by atoms with Crippen LogP contribution in [-0.2, 0) is 4.74 Å². The van der Waals surface area contributed by atoms with E-state index in [2.05, 4.69) is 24.5 Å². The number of aliphatic imine (C=N–C) groups is 1. The molecular weight excluding hydrogens is 322 g/mol. The number of nitrogens with one attached hydrogen (secondary N) is 2. The molecule has 2 aliphatic rings. The molecule has 6 heteroatoms. The molecule has 0 radical (unpaired) electrons. The average Bonchev–Trinajstić information content (AvgIpc) is 2.54. The van der Waals surface area contributed by atoms with Gasteiger partial charge in [-0.2, -0.15) is 11.8 Å². The van der Waals surface area contributed by atoms with Crippen molar-refractivity contribution in [2.24, 2.45) is 10.4 Å². The van der Waals surface area contributed by atoms with E-state index in [-0.39, 0.29) is 0 Å². The lowest BCUT2D eigenvalue weighted by atomic mass is 9.67. The molecule has 0 heterocycles. The normalized spacial score (nSPS) is 28.8. The number of guanidine groups is 1. The number of ether oxygens (including phenoxy) is 1. The molecule has 0 amide bonds. The summed E-state index contributed by atoms with van der Waals surface area (Å²) in [7, 11) is 1.77. The largest absolute Gasteiger partial charge is 0.387 e. The summed E-state index contributed by atoms with van der Waals surface area (Å²) in [6.07, 6.45) is 6.89. The van der Waals surface area contributed by atoms with E-state index >= 15 is 0 Å². The maximum absolute atomic E-state index is 10.7. The number of nitrogens with zero attached hydrogens (tertiary/aromatic N) is 1. The molecule has 2 aliphatic carbocycles. The SMILES string of the molecule is CCNC(=NCC1(CCOC)CCC1)NCC1(O)CCC1SCC. The second-order valence-electron chi connectivity index (χ2n) is 7.23. The average molecular weight is 358 g/mol. The van der Waals surface area contributed by atoms with Gasteiger partial charge in [0.1, 0.15) is 0 Å². The molecule has 5 nitrogen and oxygen atoms in total. The number of thioether (sulfide) groups is 1. The molecule has 3 N–H and O–H groups in total. The van der Waals surface area contributed by atoms with Gasteiger partial charge < -0.3 is 20.5 Å². The van der Waals surface area contributed by atoms with Crippen molar-refractivity contribution < 1.29 is 9.84 Å². The first kappa shape index (κ1) is 19.9. The van der Waals surface area contributed by atoms with Crippen molar-refractivity contribution in [3.8, 4) is 0 Å². The van der Waals surface area contributed by atoms with Gasteiger partial charge in [-0.15, -0.1) is 0 Å². The van der Waals surface area contributed by atoms with Crippen molar-refractivity contribution in [1.82, 2.24) is 10.6 Å². The molecule has 0 aromatic rings. The van der Waals surface area contributed by atoms with Crippen LogP contribution in [0.5, 0.6) is 0 Å². The summed E-state index contributed by atoms with van der Waals surface area (Å²) in [6.45, 7) is 7.31. The molecule has 0 aromatic heterocycles. The van der Waals surface area contributed by atoms with Crippen molar-refractivity contribution in [1.29, 1.82) is 0 Å². The van der Waals surface area contributed by atoms with E-state index in [0.717, 1.165) is 50.7 Å². The summed E-state index contributed by atoms with van der Waals surface area (Å²) in [6, 6.07) is 0. The van der Waals surface area contributed by atoms with Gasteiger partial charge in [0, 0.05) is 38.6 Å². The zero-order valence-electron chi connectivity index (χ0n) is 15.6. The highest BCUT2D eigenvalue weighted by Gasteiger charge is 2.45. The van der Waals surface area contributed by atoms with E-state index in [0.29, 0.717) is 17.2 Å². The number of rotatable bonds is 10. The van der Waals surface area contributed by atoms with Crippen molar-refractivity contribution in [2.45, 2.75) is 63.2 Å². The fraction of sp³-hybridized carbons (Fsp3) is 0.944. The molecule has 24 heavy (non-hydrogen) atoms.